The van der Waals surface area contributed by atoms with Crippen molar-refractivity contribution < 1.29 is 18.7 Å². The van der Waals surface area contributed by atoms with Crippen LogP contribution in [0, 0.1) is 28.6 Å². The molecule has 1 heterocycles. The number of aliphatic imine (C=N–C) groups is 1. The third-order valence-corrected chi connectivity index (χ3v) is 23.6. The lowest BCUT2D eigenvalue weighted by Crippen LogP contribution is -2.49. The van der Waals surface area contributed by atoms with Crippen LogP contribution < -0.4 is 0 Å². The number of hydrogen-bond donors (Lipinski definition) is 1. The average molecular weight is 724 g/mol. The molecule has 0 saturated heterocycles. The number of ether oxygens (including phenoxy) is 1. The first-order chi connectivity index (χ1) is 23.0. The summed E-state index contributed by atoms with van der Waals surface area (Å²) in [6.45, 7) is 35.9. The lowest BCUT2D eigenvalue weighted by Gasteiger charge is -2.45. The Morgan fingerprint density at radius 1 is 0.960 bits per heavy atom. The quantitative estimate of drug-likeness (QED) is 0.180. The highest BCUT2D eigenvalue weighted by Gasteiger charge is 2.56. The summed E-state index contributed by atoms with van der Waals surface area (Å²) in [6, 6.07) is 0. The molecule has 50 heavy (non-hydrogen) atoms. The maximum Gasteiger partial charge on any atom is 0.193 e. The van der Waals surface area contributed by atoms with Crippen LogP contribution in [0.15, 0.2) is 52.6 Å². The van der Waals surface area contributed by atoms with E-state index in [0.717, 1.165) is 31.6 Å². The zero-order valence-corrected chi connectivity index (χ0v) is 36.2. The molecule has 0 aromatic carbocycles. The van der Waals surface area contributed by atoms with Crippen LogP contribution >= 0.6 is 0 Å². The van der Waals surface area contributed by atoms with Gasteiger partial charge in [0.2, 0.25) is 0 Å². The van der Waals surface area contributed by atoms with Gasteiger partial charge in [0.25, 0.3) is 0 Å². The highest BCUT2D eigenvalue weighted by Crippen LogP contribution is 2.60. The summed E-state index contributed by atoms with van der Waals surface area (Å²) in [5, 5.41) is 11.6. The standard InChI is InChI=1S/C43H73NO4Si2/c1-29(17-22-38(45)43(24-25-43)39-44-28-30(2)46-39)35-20-21-36-32(16-15-23-42(35,36)10)18-19-33-26-34(47-49(11,12)40(4,5)6)27-37(31(33)3)48-50(13,14)41(7,8)9/h17-19,22,29-30,34-38,45H,3,15-16,20-21,23-28H2,1-2,4-14H3/b22-17+,32-18+,33-19-/t29-,30?,34-,35-,36+,37+,38+,42-/m1/s1. The van der Waals surface area contributed by atoms with E-state index in [-0.39, 0.29) is 39.2 Å². The molecule has 5 aliphatic rings. The Balaban J connectivity index is 1.34. The molecule has 0 aromatic heterocycles. The Morgan fingerprint density at radius 3 is 2.18 bits per heavy atom. The van der Waals surface area contributed by atoms with Crippen LogP contribution in [0.25, 0.3) is 0 Å². The molecule has 0 bridgehead atoms. The molecule has 282 valence electrons. The highest BCUT2D eigenvalue weighted by atomic mass is 28.4. The van der Waals surface area contributed by atoms with E-state index < -0.39 is 22.7 Å². The molecule has 0 amide bonds. The second kappa shape index (κ2) is 14.2. The van der Waals surface area contributed by atoms with E-state index in [1.165, 1.54) is 43.3 Å². The Morgan fingerprint density at radius 2 is 1.60 bits per heavy atom. The Labute approximate surface area is 308 Å². The van der Waals surface area contributed by atoms with Crippen LogP contribution in [0.2, 0.25) is 36.3 Å². The van der Waals surface area contributed by atoms with Crippen molar-refractivity contribution in [2.75, 3.05) is 6.54 Å². The Kier molecular flexibility index (Phi) is 11.3. The highest BCUT2D eigenvalue weighted by molar-refractivity contribution is 6.74. The molecule has 8 atom stereocenters. The summed E-state index contributed by atoms with van der Waals surface area (Å²) >= 11 is 0. The van der Waals surface area contributed by atoms with Crippen molar-refractivity contribution >= 4 is 22.5 Å². The lowest BCUT2D eigenvalue weighted by atomic mass is 9.61. The summed E-state index contributed by atoms with van der Waals surface area (Å²) in [5.41, 5.74) is 4.09. The van der Waals surface area contributed by atoms with Gasteiger partial charge >= 0.3 is 0 Å². The zero-order valence-electron chi connectivity index (χ0n) is 34.2. The van der Waals surface area contributed by atoms with Gasteiger partial charge in [0.05, 0.1) is 30.3 Å². The predicted octanol–water partition coefficient (Wildman–Crippen LogP) is 11.3. The van der Waals surface area contributed by atoms with Crippen LogP contribution in [0.4, 0.5) is 0 Å². The van der Waals surface area contributed by atoms with E-state index in [9.17, 15) is 5.11 Å². The molecule has 7 heteroatoms. The van der Waals surface area contributed by atoms with Gasteiger partial charge in [0, 0.05) is 6.42 Å². The molecule has 4 aliphatic carbocycles. The third kappa shape index (κ3) is 7.98. The van der Waals surface area contributed by atoms with E-state index in [4.69, 9.17) is 20.2 Å². The smallest absolute Gasteiger partial charge is 0.193 e. The van der Waals surface area contributed by atoms with Gasteiger partial charge in [-0.1, -0.05) is 91.8 Å². The van der Waals surface area contributed by atoms with Gasteiger partial charge in [-0.25, -0.2) is 0 Å². The molecular weight excluding hydrogens is 651 g/mol. The van der Waals surface area contributed by atoms with Gasteiger partial charge in [-0.2, -0.15) is 0 Å². The minimum Gasteiger partial charge on any atom is -0.476 e. The largest absolute Gasteiger partial charge is 0.476 e. The van der Waals surface area contributed by atoms with Crippen molar-refractivity contribution in [2.24, 2.45) is 33.6 Å². The average Bonchev–Trinajstić information content (AvgIpc) is 3.56. The fraction of sp³-hybridized carbons (Fsp3) is 0.791. The molecule has 0 radical (unpaired) electrons. The number of allylic oxidation sites excluding steroid dienone is 4. The van der Waals surface area contributed by atoms with Gasteiger partial charge in [-0.05, 0) is 129 Å². The first kappa shape index (κ1) is 39.9. The van der Waals surface area contributed by atoms with E-state index in [1.807, 2.05) is 0 Å². The van der Waals surface area contributed by atoms with Gasteiger partial charge < -0.3 is 18.7 Å². The Bertz CT molecular complexity index is 1390. The van der Waals surface area contributed by atoms with E-state index in [2.05, 4.69) is 118 Å². The molecule has 4 saturated carbocycles. The van der Waals surface area contributed by atoms with Crippen LogP contribution in [0.5, 0.6) is 0 Å². The first-order valence-electron chi connectivity index (χ1n) is 20.0. The van der Waals surface area contributed by atoms with Crippen molar-refractivity contribution in [3.63, 3.8) is 0 Å². The molecule has 0 aromatic rings. The maximum atomic E-state index is 11.3. The topological polar surface area (TPSA) is 60.3 Å². The Hall–Kier alpha value is -1.26. The monoisotopic (exact) mass is 724 g/mol. The summed E-state index contributed by atoms with van der Waals surface area (Å²) in [5.74, 6) is 2.41. The second-order valence-corrected chi connectivity index (χ2v) is 29.8. The van der Waals surface area contributed by atoms with E-state index >= 15 is 0 Å². The minimum absolute atomic E-state index is 0.00464. The summed E-state index contributed by atoms with van der Waals surface area (Å²) in [6.07, 6.45) is 19.0. The summed E-state index contributed by atoms with van der Waals surface area (Å²) in [7, 11) is -3.95. The zero-order chi connectivity index (χ0) is 37.1. The molecule has 4 fully saturated rings. The molecule has 1 N–H and O–H groups in total. The number of fused-ring (bicyclic) bond motifs is 1. The third-order valence-electron chi connectivity index (χ3n) is 14.6. The molecule has 5 rings (SSSR count). The van der Waals surface area contributed by atoms with Gasteiger partial charge in [-0.15, -0.1) is 0 Å². The number of aliphatic hydroxyl groups is 1. The van der Waals surface area contributed by atoms with E-state index in [1.54, 1.807) is 5.57 Å². The van der Waals surface area contributed by atoms with Gasteiger partial charge in [0.1, 0.15) is 6.10 Å². The van der Waals surface area contributed by atoms with Crippen LogP contribution in [0.1, 0.15) is 120 Å². The van der Waals surface area contributed by atoms with Crippen LogP contribution in [-0.2, 0) is 13.6 Å². The number of hydrogen-bond acceptors (Lipinski definition) is 5. The van der Waals surface area contributed by atoms with Gasteiger partial charge in [-0.3, -0.25) is 4.99 Å². The van der Waals surface area contributed by atoms with Crippen molar-refractivity contribution in [3.8, 4) is 0 Å². The van der Waals surface area contributed by atoms with Crippen molar-refractivity contribution in [3.05, 3.63) is 47.6 Å². The molecular formula is C43H73NO4Si2. The maximum absolute atomic E-state index is 11.3. The second-order valence-electron chi connectivity index (χ2n) is 20.3. The first-order valence-corrected chi connectivity index (χ1v) is 25.8. The fourth-order valence-corrected chi connectivity index (χ4v) is 11.7. The van der Waals surface area contributed by atoms with Crippen LogP contribution in [-0.4, -0.2) is 58.6 Å². The fourth-order valence-electron chi connectivity index (χ4n) is 9.03. The molecule has 1 aliphatic heterocycles. The van der Waals surface area contributed by atoms with Crippen LogP contribution in [0.3, 0.4) is 0 Å². The van der Waals surface area contributed by atoms with Crippen molar-refractivity contribution in [2.45, 2.75) is 181 Å². The van der Waals surface area contributed by atoms with Crippen molar-refractivity contribution in [1.82, 2.24) is 0 Å². The summed E-state index contributed by atoms with van der Waals surface area (Å²) in [4.78, 5) is 4.64. The lowest BCUT2D eigenvalue weighted by molar-refractivity contribution is 0.0969. The predicted molar refractivity (Wildman–Crippen MR) is 216 cm³/mol. The van der Waals surface area contributed by atoms with Crippen molar-refractivity contribution in [1.29, 1.82) is 0 Å². The molecule has 0 spiro atoms. The minimum atomic E-state index is -2.00. The SMILES string of the molecule is C=C1/C(=C\C=C2/CCC[C@]3(C)[C@@H]([C@H](C)/C=C/[C@H](O)C4(C5=NCC(C)O5)CC4)CC[C@@H]23)C[C@@H](O[Si](C)(C)C(C)(C)C)C[C@@H]1O[Si](C)(C)C(C)(C)C. The summed E-state index contributed by atoms with van der Waals surface area (Å²) < 4.78 is 20.2. The number of rotatable bonds is 10. The molecule has 1 unspecified atom stereocenters. The number of aliphatic hydroxyl groups excluding tert-OH is 1. The normalized spacial score (nSPS) is 35.0. The molecule has 5 nitrogen and oxygen atoms in total. The number of nitrogens with zero attached hydrogens (tertiary/aromatic N) is 1. The van der Waals surface area contributed by atoms with E-state index in [0.29, 0.717) is 24.3 Å². The van der Waals surface area contributed by atoms with Gasteiger partial charge in [0.15, 0.2) is 22.5 Å².